The summed E-state index contributed by atoms with van der Waals surface area (Å²) in [5, 5.41) is 1.08. The van der Waals surface area contributed by atoms with Crippen LogP contribution in [0.1, 0.15) is 5.56 Å². The molecule has 0 aliphatic rings. The fourth-order valence-electron chi connectivity index (χ4n) is 1.00. The molecule has 0 saturated heterocycles. The van der Waals surface area contributed by atoms with E-state index in [1.54, 1.807) is 6.07 Å². The van der Waals surface area contributed by atoms with E-state index >= 15 is 0 Å². The Bertz CT molecular complexity index is 496. The standard InChI is InChI=1S/C10H10Cl3O4P/c1-15-18(14,16-2)17-4-3-7-5-9(12)10(13)6-8(7)11/h3-6H,1-2H3/b4-3+. The van der Waals surface area contributed by atoms with Gasteiger partial charge in [-0.1, -0.05) is 34.8 Å². The number of phosphoric acid groups is 1. The normalized spacial score (nSPS) is 12.1. The second-order valence-electron chi connectivity index (χ2n) is 3.01. The van der Waals surface area contributed by atoms with Crippen molar-refractivity contribution in [2.24, 2.45) is 0 Å². The van der Waals surface area contributed by atoms with Crippen LogP contribution in [0.5, 0.6) is 0 Å². The molecule has 0 unspecified atom stereocenters. The molecule has 0 spiro atoms. The Kier molecular flexibility index (Phi) is 5.99. The number of rotatable bonds is 5. The van der Waals surface area contributed by atoms with Crippen LogP contribution in [0.15, 0.2) is 18.4 Å². The van der Waals surface area contributed by atoms with Crippen LogP contribution in [0.4, 0.5) is 0 Å². The maximum atomic E-state index is 11.5. The molecule has 0 aromatic heterocycles. The predicted molar refractivity (Wildman–Crippen MR) is 73.2 cm³/mol. The van der Waals surface area contributed by atoms with Crippen LogP contribution in [0, 0.1) is 0 Å². The van der Waals surface area contributed by atoms with Crippen molar-refractivity contribution in [3.63, 3.8) is 0 Å². The quantitative estimate of drug-likeness (QED) is 0.431. The first-order valence-corrected chi connectivity index (χ1v) is 7.22. The van der Waals surface area contributed by atoms with Gasteiger partial charge in [0.15, 0.2) is 0 Å². The molecule has 0 N–H and O–H groups in total. The van der Waals surface area contributed by atoms with Gasteiger partial charge in [0.25, 0.3) is 0 Å². The highest BCUT2D eigenvalue weighted by molar-refractivity contribution is 7.48. The second kappa shape index (κ2) is 6.80. The molecule has 1 rings (SSSR count). The molecule has 1 aromatic rings. The summed E-state index contributed by atoms with van der Waals surface area (Å²) in [5.41, 5.74) is 0.560. The fraction of sp³-hybridized carbons (Fsp3) is 0.200. The molecule has 0 atom stereocenters. The van der Waals surface area contributed by atoms with Crippen LogP contribution < -0.4 is 0 Å². The maximum absolute atomic E-state index is 11.5. The van der Waals surface area contributed by atoms with Crippen molar-refractivity contribution in [3.8, 4) is 0 Å². The molecule has 0 radical (unpaired) electrons. The minimum absolute atomic E-state index is 0.346. The van der Waals surface area contributed by atoms with Crippen molar-refractivity contribution in [3.05, 3.63) is 39.0 Å². The lowest BCUT2D eigenvalue weighted by Crippen LogP contribution is -1.89. The number of phosphoric ester groups is 1. The van der Waals surface area contributed by atoms with E-state index in [2.05, 4.69) is 9.05 Å². The van der Waals surface area contributed by atoms with Gasteiger partial charge < -0.3 is 4.52 Å². The van der Waals surface area contributed by atoms with Crippen LogP contribution in [0.25, 0.3) is 6.08 Å². The lowest BCUT2D eigenvalue weighted by molar-refractivity contribution is 0.194. The van der Waals surface area contributed by atoms with Crippen LogP contribution >= 0.6 is 42.6 Å². The van der Waals surface area contributed by atoms with Crippen LogP contribution in [0.3, 0.4) is 0 Å². The van der Waals surface area contributed by atoms with Gasteiger partial charge in [-0.15, -0.1) is 0 Å². The van der Waals surface area contributed by atoms with Gasteiger partial charge >= 0.3 is 7.82 Å². The van der Waals surface area contributed by atoms with Crippen molar-refractivity contribution in [2.75, 3.05) is 14.2 Å². The second-order valence-corrected chi connectivity index (χ2v) is 6.07. The minimum atomic E-state index is -3.54. The molecule has 4 nitrogen and oxygen atoms in total. The van der Waals surface area contributed by atoms with Gasteiger partial charge in [0.2, 0.25) is 0 Å². The summed E-state index contributed by atoms with van der Waals surface area (Å²) in [6.45, 7) is 0. The Balaban J connectivity index is 2.86. The highest BCUT2D eigenvalue weighted by Gasteiger charge is 2.21. The Morgan fingerprint density at radius 1 is 1.06 bits per heavy atom. The molecular weight excluding hydrogens is 321 g/mol. The molecule has 0 aliphatic carbocycles. The van der Waals surface area contributed by atoms with Crippen molar-refractivity contribution in [2.45, 2.75) is 0 Å². The SMILES string of the molecule is COP(=O)(OC)O/C=C/c1cc(Cl)c(Cl)cc1Cl. The monoisotopic (exact) mass is 330 g/mol. The molecule has 100 valence electrons. The first kappa shape index (κ1) is 15.8. The van der Waals surface area contributed by atoms with Crippen LogP contribution in [0.2, 0.25) is 15.1 Å². The van der Waals surface area contributed by atoms with Gasteiger partial charge in [0, 0.05) is 19.2 Å². The van der Waals surface area contributed by atoms with E-state index in [9.17, 15) is 4.57 Å². The Morgan fingerprint density at radius 3 is 2.17 bits per heavy atom. The van der Waals surface area contributed by atoms with Gasteiger partial charge in [-0.2, -0.15) is 0 Å². The summed E-state index contributed by atoms with van der Waals surface area (Å²) in [5.74, 6) is 0. The Hall–Kier alpha value is -0.220. The smallest absolute Gasteiger partial charge is 0.412 e. The largest absolute Gasteiger partial charge is 0.528 e. The third-order valence-corrected chi connectivity index (χ3v) is 4.25. The van der Waals surface area contributed by atoms with Gasteiger partial charge in [-0.3, -0.25) is 9.05 Å². The van der Waals surface area contributed by atoms with Crippen molar-refractivity contribution in [1.29, 1.82) is 0 Å². The minimum Gasteiger partial charge on any atom is -0.412 e. The van der Waals surface area contributed by atoms with E-state index in [1.807, 2.05) is 0 Å². The molecule has 0 heterocycles. The van der Waals surface area contributed by atoms with Gasteiger partial charge in [0.1, 0.15) is 0 Å². The third kappa shape index (κ3) is 4.16. The summed E-state index contributed by atoms with van der Waals surface area (Å²) >= 11 is 17.6. The molecule has 18 heavy (non-hydrogen) atoms. The van der Waals surface area contributed by atoms with E-state index in [1.165, 1.54) is 26.4 Å². The van der Waals surface area contributed by atoms with E-state index in [4.69, 9.17) is 39.3 Å². The average molecular weight is 332 g/mol. The molecule has 0 fully saturated rings. The van der Waals surface area contributed by atoms with Crippen LogP contribution in [-0.2, 0) is 18.1 Å². The summed E-state index contributed by atoms with van der Waals surface area (Å²) < 4.78 is 25.6. The van der Waals surface area contributed by atoms with Crippen molar-refractivity contribution < 1.29 is 18.1 Å². The highest BCUT2D eigenvalue weighted by atomic mass is 35.5. The predicted octanol–water partition coefficient (Wildman–Crippen LogP) is 5.04. The number of hydrogen-bond acceptors (Lipinski definition) is 4. The number of hydrogen-bond donors (Lipinski definition) is 0. The fourth-order valence-corrected chi connectivity index (χ4v) is 2.15. The number of halogens is 3. The van der Waals surface area contributed by atoms with E-state index in [0.717, 1.165) is 6.26 Å². The van der Waals surface area contributed by atoms with Gasteiger partial charge in [0.05, 0.1) is 16.3 Å². The third-order valence-electron chi connectivity index (χ3n) is 1.92. The summed E-state index contributed by atoms with van der Waals surface area (Å²) in [7, 11) is -1.12. The zero-order valence-electron chi connectivity index (χ0n) is 9.52. The van der Waals surface area contributed by atoms with Gasteiger partial charge in [-0.25, -0.2) is 4.57 Å². The van der Waals surface area contributed by atoms with Gasteiger partial charge in [-0.05, 0) is 23.8 Å². The van der Waals surface area contributed by atoms with Crippen LogP contribution in [-0.4, -0.2) is 14.2 Å². The first-order valence-electron chi connectivity index (χ1n) is 4.63. The maximum Gasteiger partial charge on any atom is 0.528 e. The highest BCUT2D eigenvalue weighted by Crippen LogP contribution is 2.47. The molecule has 0 bridgehead atoms. The molecular formula is C10H10Cl3O4P. The average Bonchev–Trinajstić information content (AvgIpc) is 2.35. The first-order chi connectivity index (χ1) is 8.41. The summed E-state index contributed by atoms with van der Waals surface area (Å²) in [6.07, 6.45) is 2.62. The molecule has 1 aromatic carbocycles. The Morgan fingerprint density at radius 2 is 1.61 bits per heavy atom. The molecule has 0 amide bonds. The lowest BCUT2D eigenvalue weighted by atomic mass is 10.2. The lowest BCUT2D eigenvalue weighted by Gasteiger charge is -2.10. The topological polar surface area (TPSA) is 44.8 Å². The zero-order valence-corrected chi connectivity index (χ0v) is 12.7. The molecule has 0 aliphatic heterocycles. The molecule has 8 heteroatoms. The van der Waals surface area contributed by atoms with E-state index in [0.29, 0.717) is 20.6 Å². The van der Waals surface area contributed by atoms with E-state index in [-0.39, 0.29) is 0 Å². The van der Waals surface area contributed by atoms with E-state index < -0.39 is 7.82 Å². The summed E-state index contributed by atoms with van der Waals surface area (Å²) in [6, 6.07) is 3.05. The summed E-state index contributed by atoms with van der Waals surface area (Å²) in [4.78, 5) is 0. The zero-order chi connectivity index (χ0) is 13.8. The van der Waals surface area contributed by atoms with Crippen molar-refractivity contribution >= 4 is 48.7 Å². The Labute approximate surface area is 120 Å². The molecule has 0 saturated carbocycles. The van der Waals surface area contributed by atoms with Crippen molar-refractivity contribution in [1.82, 2.24) is 0 Å². The number of benzene rings is 1.